The maximum Gasteiger partial charge on any atom is 0.324 e. The molecule has 1 fully saturated rings. The number of amides is 2. The van der Waals surface area contributed by atoms with E-state index in [1.54, 1.807) is 10.9 Å². The number of nitrogens with one attached hydrogen (secondary N) is 3. The first-order chi connectivity index (χ1) is 22.2. The lowest BCUT2D eigenvalue weighted by Gasteiger charge is -2.31. The molecule has 1 aliphatic heterocycles. The van der Waals surface area contributed by atoms with Crippen LogP contribution in [0.15, 0.2) is 95.9 Å². The number of carbonyl (C=O) groups excluding carboxylic acids is 2. The van der Waals surface area contributed by atoms with Crippen LogP contribution in [0.3, 0.4) is 0 Å². The summed E-state index contributed by atoms with van der Waals surface area (Å²) in [5.74, 6) is 0.915. The molecule has 9 heteroatoms. The first-order valence-electron chi connectivity index (χ1n) is 15.8. The Hall–Kier alpha value is -5.02. The van der Waals surface area contributed by atoms with Crippen molar-refractivity contribution in [3.63, 3.8) is 0 Å². The van der Waals surface area contributed by atoms with Gasteiger partial charge in [-0.3, -0.25) is 10.1 Å². The smallest absolute Gasteiger partial charge is 0.324 e. The Bertz CT molecular complexity index is 1800. The van der Waals surface area contributed by atoms with Gasteiger partial charge >= 0.3 is 6.03 Å². The van der Waals surface area contributed by atoms with Crippen LogP contribution in [-0.2, 0) is 5.41 Å². The first kappa shape index (κ1) is 31.0. The molecule has 9 nitrogen and oxygen atoms in total. The molecule has 0 spiro atoms. The molecule has 2 aromatic heterocycles. The number of Topliss-reactive ketones (excluding diaryl/α,β-unsaturated/α-hetero) is 1. The van der Waals surface area contributed by atoms with Gasteiger partial charge in [-0.1, -0.05) is 80.9 Å². The number of oxazole rings is 1. The number of nitrogens with zero attached hydrogens (tertiary/aromatic N) is 3. The van der Waals surface area contributed by atoms with Crippen LogP contribution in [-0.4, -0.2) is 39.7 Å². The van der Waals surface area contributed by atoms with Crippen LogP contribution in [0.1, 0.15) is 66.7 Å². The topological polar surface area (TPSA) is 114 Å². The molecule has 1 unspecified atom stereocenters. The molecule has 1 aliphatic rings. The lowest BCUT2D eigenvalue weighted by molar-refractivity contribution is 0.0916. The molecular formula is C37H40N6O3. The predicted molar refractivity (Wildman–Crippen MR) is 181 cm³/mol. The molecule has 0 radical (unpaired) electrons. The van der Waals surface area contributed by atoms with Gasteiger partial charge in [0.1, 0.15) is 5.82 Å². The van der Waals surface area contributed by atoms with Crippen molar-refractivity contribution in [3.8, 4) is 17.0 Å². The molecule has 0 bridgehead atoms. The lowest BCUT2D eigenvalue weighted by Crippen LogP contribution is -2.34. The summed E-state index contributed by atoms with van der Waals surface area (Å²) in [6.45, 7) is 9.99. The number of aryl methyl sites for hydroxylation is 1. The fourth-order valence-corrected chi connectivity index (χ4v) is 5.99. The van der Waals surface area contributed by atoms with Gasteiger partial charge in [-0.25, -0.2) is 14.5 Å². The van der Waals surface area contributed by atoms with Crippen molar-refractivity contribution in [3.05, 3.63) is 114 Å². The SMILES string of the molecule is Cc1ccc(-n2nc(C(C)(C)C)cc2NC(=O)Nc2ccccc2C(C(=O)c2ccc(-c3cnco3)cc2)C2CCNCC2)cc1. The van der Waals surface area contributed by atoms with Crippen molar-refractivity contribution in [1.82, 2.24) is 20.1 Å². The van der Waals surface area contributed by atoms with Crippen molar-refractivity contribution in [1.29, 1.82) is 0 Å². The van der Waals surface area contributed by atoms with Crippen molar-refractivity contribution < 1.29 is 14.0 Å². The number of hydrogen-bond acceptors (Lipinski definition) is 6. The highest BCUT2D eigenvalue weighted by Crippen LogP contribution is 2.38. The summed E-state index contributed by atoms with van der Waals surface area (Å²) in [5, 5.41) is 14.4. The molecule has 46 heavy (non-hydrogen) atoms. The summed E-state index contributed by atoms with van der Waals surface area (Å²) in [5.41, 5.74) is 5.50. The maximum atomic E-state index is 14.3. The van der Waals surface area contributed by atoms with Gasteiger partial charge in [0.25, 0.3) is 0 Å². The van der Waals surface area contributed by atoms with Gasteiger partial charge in [0, 0.05) is 28.3 Å². The van der Waals surface area contributed by atoms with Crippen LogP contribution in [0, 0.1) is 12.8 Å². The molecule has 3 aromatic carbocycles. The van der Waals surface area contributed by atoms with Gasteiger partial charge in [-0.15, -0.1) is 0 Å². The molecule has 236 valence electrons. The van der Waals surface area contributed by atoms with Gasteiger partial charge in [0.15, 0.2) is 17.9 Å². The summed E-state index contributed by atoms with van der Waals surface area (Å²) in [4.78, 5) is 31.9. The fraction of sp³-hybridized carbons (Fsp3) is 0.297. The van der Waals surface area contributed by atoms with Crippen molar-refractivity contribution in [2.45, 2.75) is 51.9 Å². The third-order valence-corrected chi connectivity index (χ3v) is 8.57. The number of para-hydroxylation sites is 1. The molecule has 5 aromatic rings. The number of aromatic nitrogens is 3. The Morgan fingerprint density at radius 2 is 1.67 bits per heavy atom. The minimum Gasteiger partial charge on any atom is -0.444 e. The zero-order chi connectivity index (χ0) is 32.3. The van der Waals surface area contributed by atoms with Crippen LogP contribution in [0.5, 0.6) is 0 Å². The van der Waals surface area contributed by atoms with Crippen molar-refractivity contribution in [2.24, 2.45) is 5.92 Å². The third-order valence-electron chi connectivity index (χ3n) is 8.57. The fourth-order valence-electron chi connectivity index (χ4n) is 5.99. The van der Waals surface area contributed by atoms with E-state index in [0.29, 0.717) is 22.8 Å². The highest BCUT2D eigenvalue weighted by Gasteiger charge is 2.33. The second kappa shape index (κ2) is 13.1. The van der Waals surface area contributed by atoms with E-state index in [2.05, 4.69) is 41.7 Å². The van der Waals surface area contributed by atoms with E-state index in [9.17, 15) is 9.59 Å². The average molecular weight is 617 g/mol. The van der Waals surface area contributed by atoms with Gasteiger partial charge in [0.2, 0.25) is 0 Å². The maximum absolute atomic E-state index is 14.3. The molecule has 0 saturated carbocycles. The number of rotatable bonds is 8. The normalized spacial score (nSPS) is 14.5. The van der Waals surface area contributed by atoms with E-state index < -0.39 is 11.9 Å². The number of carbonyl (C=O) groups is 2. The number of piperidine rings is 1. The zero-order valence-electron chi connectivity index (χ0n) is 26.7. The Morgan fingerprint density at radius 3 is 2.35 bits per heavy atom. The Morgan fingerprint density at radius 1 is 0.957 bits per heavy atom. The van der Waals surface area contributed by atoms with Crippen LogP contribution in [0.4, 0.5) is 16.3 Å². The van der Waals surface area contributed by atoms with Crippen LogP contribution in [0.25, 0.3) is 17.0 Å². The second-order valence-corrected chi connectivity index (χ2v) is 13.0. The molecule has 1 atom stereocenters. The quantitative estimate of drug-likeness (QED) is 0.154. The Kier molecular flexibility index (Phi) is 8.85. The van der Waals surface area contributed by atoms with Crippen LogP contribution < -0.4 is 16.0 Å². The van der Waals surface area contributed by atoms with Crippen molar-refractivity contribution in [2.75, 3.05) is 23.7 Å². The number of benzene rings is 3. The Balaban J connectivity index is 1.29. The molecule has 3 N–H and O–H groups in total. The van der Waals surface area contributed by atoms with E-state index >= 15 is 0 Å². The van der Waals surface area contributed by atoms with E-state index in [4.69, 9.17) is 9.52 Å². The van der Waals surface area contributed by atoms with Gasteiger partial charge in [-0.05, 0) is 62.5 Å². The molecule has 3 heterocycles. The van der Waals surface area contributed by atoms with Crippen molar-refractivity contribution >= 4 is 23.3 Å². The number of ketones is 1. The summed E-state index contributed by atoms with van der Waals surface area (Å²) >= 11 is 0. The minimum absolute atomic E-state index is 0.0259. The van der Waals surface area contributed by atoms with E-state index in [1.807, 2.05) is 85.8 Å². The van der Waals surface area contributed by atoms with E-state index in [0.717, 1.165) is 54.0 Å². The zero-order valence-corrected chi connectivity index (χ0v) is 26.7. The largest absolute Gasteiger partial charge is 0.444 e. The average Bonchev–Trinajstić information content (AvgIpc) is 3.74. The van der Waals surface area contributed by atoms with E-state index in [-0.39, 0.29) is 17.1 Å². The van der Waals surface area contributed by atoms with E-state index in [1.165, 1.54) is 6.39 Å². The second-order valence-electron chi connectivity index (χ2n) is 13.0. The van der Waals surface area contributed by atoms with Gasteiger partial charge in [-0.2, -0.15) is 5.10 Å². The summed E-state index contributed by atoms with van der Waals surface area (Å²) < 4.78 is 7.19. The standard InChI is InChI=1S/C37H40N6O3/c1-24-9-15-28(16-10-24)43-33(21-32(42-43)37(2,3)4)41-36(45)40-30-8-6-5-7-29(30)34(26-17-19-38-20-18-26)35(44)27-13-11-25(12-14-27)31-22-39-23-46-31/h5-16,21-23,26,34,38H,17-20H2,1-4H3,(H2,40,41,45). The summed E-state index contributed by atoms with van der Waals surface area (Å²) in [6, 6.07) is 24.6. The first-order valence-corrected chi connectivity index (χ1v) is 15.8. The third kappa shape index (κ3) is 6.79. The molecular weight excluding hydrogens is 576 g/mol. The molecule has 0 aliphatic carbocycles. The van der Waals surface area contributed by atoms with Gasteiger partial charge < -0.3 is 15.1 Å². The van der Waals surface area contributed by atoms with Gasteiger partial charge in [0.05, 0.1) is 23.5 Å². The molecule has 1 saturated heterocycles. The number of hydrogen-bond donors (Lipinski definition) is 3. The highest BCUT2D eigenvalue weighted by molar-refractivity contribution is 6.04. The highest BCUT2D eigenvalue weighted by atomic mass is 16.3. The van der Waals surface area contributed by atoms with Crippen LogP contribution >= 0.6 is 0 Å². The number of urea groups is 1. The Labute approximate surface area is 269 Å². The lowest BCUT2D eigenvalue weighted by atomic mass is 9.75. The predicted octanol–water partition coefficient (Wildman–Crippen LogP) is 7.74. The molecule has 2 amide bonds. The molecule has 6 rings (SSSR count). The monoisotopic (exact) mass is 616 g/mol. The minimum atomic E-state index is -0.430. The number of anilines is 2. The summed E-state index contributed by atoms with van der Waals surface area (Å²) in [6.07, 6.45) is 4.76. The summed E-state index contributed by atoms with van der Waals surface area (Å²) in [7, 11) is 0. The van der Waals surface area contributed by atoms with Crippen LogP contribution in [0.2, 0.25) is 0 Å².